The van der Waals surface area contributed by atoms with Gasteiger partial charge in [-0.3, -0.25) is 14.5 Å². The molecule has 0 atom stereocenters. The lowest BCUT2D eigenvalue weighted by Crippen LogP contribution is -2.44. The molecule has 2 aromatic rings. The maximum absolute atomic E-state index is 13.1. The Morgan fingerprint density at radius 2 is 1.82 bits per heavy atom. The fraction of sp³-hybridized carbons (Fsp3) is 0.292. The van der Waals surface area contributed by atoms with Gasteiger partial charge in [0.05, 0.1) is 26.2 Å². The van der Waals surface area contributed by atoms with E-state index in [1.807, 2.05) is 24.3 Å². The van der Waals surface area contributed by atoms with Crippen molar-refractivity contribution in [2.24, 2.45) is 0 Å². The molecule has 33 heavy (non-hydrogen) atoms. The van der Waals surface area contributed by atoms with E-state index in [1.165, 1.54) is 38.0 Å². The number of methoxy groups -OCH3 is 3. The molecule has 1 saturated heterocycles. The fourth-order valence-corrected chi connectivity index (χ4v) is 5.24. The normalized spacial score (nSPS) is 16.8. The minimum absolute atomic E-state index is 0.0917. The average Bonchev–Trinajstić information content (AvgIpc) is 3.10. The number of amides is 2. The third-order valence-electron chi connectivity index (χ3n) is 5.56. The van der Waals surface area contributed by atoms with Gasteiger partial charge in [0.25, 0.3) is 5.91 Å². The molecule has 2 aliphatic heterocycles. The highest BCUT2D eigenvalue weighted by Gasteiger charge is 2.35. The molecule has 0 saturated carbocycles. The van der Waals surface area contributed by atoms with E-state index in [1.54, 1.807) is 23.1 Å². The Morgan fingerprint density at radius 3 is 2.48 bits per heavy atom. The SMILES string of the molecule is COc1cc(/C=C2/SC(=S)N(CC(=O)N3CCCc4ccccc43)C2=O)cc(OC)c1OC. The molecule has 2 heterocycles. The molecule has 0 unspecified atom stereocenters. The van der Waals surface area contributed by atoms with Crippen LogP contribution in [0.15, 0.2) is 41.3 Å². The van der Waals surface area contributed by atoms with E-state index in [9.17, 15) is 9.59 Å². The van der Waals surface area contributed by atoms with Gasteiger partial charge in [-0.15, -0.1) is 0 Å². The Morgan fingerprint density at radius 1 is 1.12 bits per heavy atom. The van der Waals surface area contributed by atoms with Crippen LogP contribution in [0.1, 0.15) is 17.5 Å². The lowest BCUT2D eigenvalue weighted by atomic mass is 10.0. The second-order valence-corrected chi connectivity index (χ2v) is 9.18. The van der Waals surface area contributed by atoms with Crippen molar-refractivity contribution in [1.29, 1.82) is 0 Å². The summed E-state index contributed by atoms with van der Waals surface area (Å²) in [5.41, 5.74) is 2.75. The zero-order valence-electron chi connectivity index (χ0n) is 18.6. The van der Waals surface area contributed by atoms with Gasteiger partial charge in [0, 0.05) is 12.2 Å². The van der Waals surface area contributed by atoms with E-state index in [2.05, 4.69) is 0 Å². The molecule has 0 N–H and O–H groups in total. The number of aryl methyl sites for hydroxylation is 1. The van der Waals surface area contributed by atoms with Crippen molar-refractivity contribution in [2.45, 2.75) is 12.8 Å². The number of fused-ring (bicyclic) bond motifs is 1. The maximum atomic E-state index is 13.1. The molecule has 0 spiro atoms. The van der Waals surface area contributed by atoms with E-state index >= 15 is 0 Å². The molecule has 7 nitrogen and oxygen atoms in total. The predicted octanol–water partition coefficient (Wildman–Crippen LogP) is 3.89. The highest BCUT2D eigenvalue weighted by Crippen LogP contribution is 2.40. The number of carbonyl (C=O) groups is 2. The topological polar surface area (TPSA) is 68.3 Å². The van der Waals surface area contributed by atoms with Crippen molar-refractivity contribution in [3.8, 4) is 17.2 Å². The van der Waals surface area contributed by atoms with Crippen LogP contribution in [0.2, 0.25) is 0 Å². The Kier molecular flexibility index (Phi) is 6.90. The first-order valence-electron chi connectivity index (χ1n) is 10.4. The number of ether oxygens (including phenoxy) is 3. The van der Waals surface area contributed by atoms with Gasteiger partial charge in [-0.1, -0.05) is 42.2 Å². The van der Waals surface area contributed by atoms with Crippen LogP contribution >= 0.6 is 24.0 Å². The third-order valence-corrected chi connectivity index (χ3v) is 6.94. The Bertz CT molecular complexity index is 1120. The Labute approximate surface area is 202 Å². The van der Waals surface area contributed by atoms with Gasteiger partial charge in [-0.05, 0) is 48.2 Å². The lowest BCUT2D eigenvalue weighted by molar-refractivity contribution is -0.127. The summed E-state index contributed by atoms with van der Waals surface area (Å²) in [5, 5.41) is 0. The van der Waals surface area contributed by atoms with E-state index in [0.29, 0.717) is 38.6 Å². The third kappa shape index (κ3) is 4.56. The summed E-state index contributed by atoms with van der Waals surface area (Å²) in [6, 6.07) is 11.4. The molecule has 0 aliphatic carbocycles. The standard InChI is InChI=1S/C24H24N2O5S2/c1-29-18-11-15(12-19(30-2)22(18)31-3)13-20-23(28)26(24(32)33-20)14-21(27)25-10-6-8-16-7-4-5-9-17(16)25/h4-5,7,9,11-13H,6,8,10,14H2,1-3H3/b20-13+. The van der Waals surface area contributed by atoms with Gasteiger partial charge in [0.15, 0.2) is 11.5 Å². The molecular weight excluding hydrogens is 460 g/mol. The molecule has 0 aromatic heterocycles. The van der Waals surface area contributed by atoms with Crippen molar-refractivity contribution in [3.05, 3.63) is 52.4 Å². The van der Waals surface area contributed by atoms with E-state index < -0.39 is 0 Å². The minimum Gasteiger partial charge on any atom is -0.493 e. The Hall–Kier alpha value is -3.04. The second-order valence-electron chi connectivity index (χ2n) is 7.50. The highest BCUT2D eigenvalue weighted by molar-refractivity contribution is 8.26. The number of hydrogen-bond donors (Lipinski definition) is 0. The van der Waals surface area contributed by atoms with E-state index in [0.717, 1.165) is 24.1 Å². The highest BCUT2D eigenvalue weighted by atomic mass is 32.2. The summed E-state index contributed by atoms with van der Waals surface area (Å²) in [4.78, 5) is 29.8. The molecule has 2 aliphatic rings. The van der Waals surface area contributed by atoms with E-state index in [-0.39, 0.29) is 18.4 Å². The fourth-order valence-electron chi connectivity index (χ4n) is 3.99. The van der Waals surface area contributed by atoms with Crippen molar-refractivity contribution in [1.82, 2.24) is 4.90 Å². The minimum atomic E-state index is -0.294. The first kappa shape index (κ1) is 23.1. The summed E-state index contributed by atoms with van der Waals surface area (Å²) in [6.45, 7) is 0.539. The van der Waals surface area contributed by atoms with Crippen LogP contribution in [0.25, 0.3) is 6.08 Å². The number of hydrogen-bond acceptors (Lipinski definition) is 7. The van der Waals surface area contributed by atoms with Gasteiger partial charge < -0.3 is 19.1 Å². The van der Waals surface area contributed by atoms with Gasteiger partial charge in [-0.25, -0.2) is 0 Å². The summed E-state index contributed by atoms with van der Waals surface area (Å²) in [5.74, 6) is 0.997. The van der Waals surface area contributed by atoms with Gasteiger partial charge in [0.2, 0.25) is 11.7 Å². The molecule has 172 valence electrons. The summed E-state index contributed by atoms with van der Waals surface area (Å²) in [7, 11) is 4.60. The lowest BCUT2D eigenvalue weighted by Gasteiger charge is -2.30. The number of para-hydroxylation sites is 1. The smallest absolute Gasteiger partial charge is 0.266 e. The predicted molar refractivity (Wildman–Crippen MR) is 133 cm³/mol. The van der Waals surface area contributed by atoms with Crippen LogP contribution in [-0.2, 0) is 16.0 Å². The van der Waals surface area contributed by atoms with Crippen LogP contribution < -0.4 is 19.1 Å². The largest absolute Gasteiger partial charge is 0.493 e. The number of nitrogens with zero attached hydrogens (tertiary/aromatic N) is 2. The summed E-state index contributed by atoms with van der Waals surface area (Å²) >= 11 is 6.61. The van der Waals surface area contributed by atoms with Crippen molar-refractivity contribution in [2.75, 3.05) is 39.3 Å². The average molecular weight is 485 g/mol. The molecule has 2 aromatic carbocycles. The van der Waals surface area contributed by atoms with Crippen LogP contribution in [0.4, 0.5) is 5.69 Å². The second kappa shape index (κ2) is 9.84. The van der Waals surface area contributed by atoms with Crippen molar-refractivity contribution in [3.63, 3.8) is 0 Å². The first-order valence-corrected chi connectivity index (χ1v) is 11.6. The molecule has 4 rings (SSSR count). The van der Waals surface area contributed by atoms with Gasteiger partial charge >= 0.3 is 0 Å². The van der Waals surface area contributed by atoms with Crippen LogP contribution in [0.5, 0.6) is 17.2 Å². The number of thiocarbonyl (C=S) groups is 1. The number of carbonyl (C=O) groups excluding carboxylic acids is 2. The van der Waals surface area contributed by atoms with Crippen LogP contribution in [0, 0.1) is 0 Å². The maximum Gasteiger partial charge on any atom is 0.266 e. The number of benzene rings is 2. The number of thioether (sulfide) groups is 1. The van der Waals surface area contributed by atoms with Gasteiger partial charge in [0.1, 0.15) is 10.9 Å². The van der Waals surface area contributed by atoms with Crippen molar-refractivity contribution < 1.29 is 23.8 Å². The zero-order chi connectivity index (χ0) is 23.5. The summed E-state index contributed by atoms with van der Waals surface area (Å²) in [6.07, 6.45) is 3.55. The van der Waals surface area contributed by atoms with Gasteiger partial charge in [-0.2, -0.15) is 0 Å². The van der Waals surface area contributed by atoms with Crippen molar-refractivity contribution >= 4 is 51.9 Å². The molecule has 1 fully saturated rings. The monoisotopic (exact) mass is 484 g/mol. The Balaban J connectivity index is 1.55. The molecular formula is C24H24N2O5S2. The molecule has 2 amide bonds. The van der Waals surface area contributed by atoms with Crippen LogP contribution in [-0.4, -0.2) is 55.5 Å². The molecule has 0 bridgehead atoms. The zero-order valence-corrected chi connectivity index (χ0v) is 20.3. The van der Waals surface area contributed by atoms with E-state index in [4.69, 9.17) is 26.4 Å². The van der Waals surface area contributed by atoms with Crippen LogP contribution in [0.3, 0.4) is 0 Å². The number of anilines is 1. The first-order chi connectivity index (χ1) is 16.0. The number of rotatable bonds is 6. The molecule has 9 heteroatoms. The quantitative estimate of drug-likeness (QED) is 0.455. The summed E-state index contributed by atoms with van der Waals surface area (Å²) < 4.78 is 16.5. The molecule has 0 radical (unpaired) electrons.